The fraction of sp³-hybridized carbons (Fsp3) is 0.412. The summed E-state index contributed by atoms with van der Waals surface area (Å²) in [6.07, 6.45) is 4.55. The summed E-state index contributed by atoms with van der Waals surface area (Å²) in [5, 5.41) is 1.77. The highest BCUT2D eigenvalue weighted by molar-refractivity contribution is 7.92. The summed E-state index contributed by atoms with van der Waals surface area (Å²) in [5.74, 6) is 0.429. The fourth-order valence-electron chi connectivity index (χ4n) is 3.73. The molecule has 1 aromatic carbocycles. The summed E-state index contributed by atoms with van der Waals surface area (Å²) in [5.41, 5.74) is 0.952. The van der Waals surface area contributed by atoms with Gasteiger partial charge in [-0.2, -0.15) is 0 Å². The first kappa shape index (κ1) is 14.6. The first-order chi connectivity index (χ1) is 11.0. The molecule has 0 unspecified atom stereocenters. The molecule has 3 heterocycles. The Bertz CT molecular complexity index is 878. The van der Waals surface area contributed by atoms with Crippen molar-refractivity contribution < 1.29 is 13.2 Å². The average Bonchev–Trinajstić information content (AvgIpc) is 3.08. The van der Waals surface area contributed by atoms with E-state index in [1.807, 2.05) is 24.3 Å². The number of pyridine rings is 1. The topological polar surface area (TPSA) is 67.3 Å². The van der Waals surface area contributed by atoms with Crippen LogP contribution >= 0.6 is 0 Å². The highest BCUT2D eigenvalue weighted by Gasteiger charge is 2.47. The van der Waals surface area contributed by atoms with Gasteiger partial charge < -0.3 is 4.90 Å². The number of hydrogen-bond donors (Lipinski definition) is 0. The van der Waals surface area contributed by atoms with E-state index in [9.17, 15) is 13.2 Å². The molecule has 120 valence electrons. The number of carbonyl (C=O) groups is 1. The molecule has 4 rings (SSSR count). The van der Waals surface area contributed by atoms with Gasteiger partial charge in [0.25, 0.3) is 0 Å². The van der Waals surface area contributed by atoms with Gasteiger partial charge in [-0.3, -0.25) is 9.78 Å². The quantitative estimate of drug-likeness (QED) is 0.835. The first-order valence-electron chi connectivity index (χ1n) is 7.85. The molecule has 2 saturated heterocycles. The number of nitrogens with zero attached hydrogens (tertiary/aromatic N) is 2. The van der Waals surface area contributed by atoms with Crippen molar-refractivity contribution in [3.63, 3.8) is 0 Å². The smallest absolute Gasteiger partial charge is 0.227 e. The number of aromatic nitrogens is 1. The lowest BCUT2D eigenvalue weighted by Gasteiger charge is -2.17. The van der Waals surface area contributed by atoms with E-state index in [1.54, 1.807) is 17.3 Å². The third-order valence-electron chi connectivity index (χ3n) is 5.03. The Morgan fingerprint density at radius 2 is 2.09 bits per heavy atom. The molecule has 0 aliphatic carbocycles. The van der Waals surface area contributed by atoms with Crippen molar-refractivity contribution in [2.45, 2.75) is 18.1 Å². The zero-order valence-electron chi connectivity index (χ0n) is 12.7. The zero-order valence-corrected chi connectivity index (χ0v) is 13.5. The third kappa shape index (κ3) is 2.61. The van der Waals surface area contributed by atoms with Crippen LogP contribution in [-0.4, -0.2) is 48.3 Å². The highest BCUT2D eigenvalue weighted by Crippen LogP contribution is 2.33. The molecule has 23 heavy (non-hydrogen) atoms. The number of carbonyl (C=O) groups excluding carboxylic acids is 1. The molecule has 2 aliphatic rings. The highest BCUT2D eigenvalue weighted by atomic mass is 32.2. The van der Waals surface area contributed by atoms with Gasteiger partial charge in [-0.05, 0) is 29.4 Å². The lowest BCUT2D eigenvalue weighted by Crippen LogP contribution is -2.33. The van der Waals surface area contributed by atoms with Crippen molar-refractivity contribution in [1.29, 1.82) is 0 Å². The number of rotatable bonds is 2. The van der Waals surface area contributed by atoms with Gasteiger partial charge in [0, 0.05) is 30.9 Å². The lowest BCUT2D eigenvalue weighted by molar-refractivity contribution is -0.129. The summed E-state index contributed by atoms with van der Waals surface area (Å²) >= 11 is 0. The van der Waals surface area contributed by atoms with Gasteiger partial charge in [0.2, 0.25) is 5.91 Å². The van der Waals surface area contributed by atoms with Gasteiger partial charge in [-0.25, -0.2) is 8.42 Å². The number of likely N-dealkylation sites (tertiary alicyclic amines) is 1. The molecule has 1 amide bonds. The van der Waals surface area contributed by atoms with Gasteiger partial charge in [-0.1, -0.05) is 18.2 Å². The van der Waals surface area contributed by atoms with Gasteiger partial charge in [0.1, 0.15) is 0 Å². The average molecular weight is 330 g/mol. The maximum atomic E-state index is 12.5. The SMILES string of the molecule is O=C(Cc1ccc2cnccc2c1)N1C[C@@H]2CCS(=O)(=O)[C@@H]2C1. The number of benzene rings is 1. The third-order valence-corrected chi connectivity index (χ3v) is 7.29. The number of sulfone groups is 1. The zero-order chi connectivity index (χ0) is 16.0. The Balaban J connectivity index is 1.49. The van der Waals surface area contributed by atoms with E-state index in [0.717, 1.165) is 16.3 Å². The minimum absolute atomic E-state index is 0.0167. The predicted octanol–water partition coefficient (Wildman–Crippen LogP) is 1.42. The van der Waals surface area contributed by atoms with Crippen LogP contribution in [0.4, 0.5) is 0 Å². The molecular weight excluding hydrogens is 312 g/mol. The van der Waals surface area contributed by atoms with Crippen molar-refractivity contribution in [3.05, 3.63) is 42.2 Å². The van der Waals surface area contributed by atoms with Crippen molar-refractivity contribution >= 4 is 26.5 Å². The second-order valence-corrected chi connectivity index (χ2v) is 8.83. The van der Waals surface area contributed by atoms with Crippen LogP contribution in [0.15, 0.2) is 36.7 Å². The van der Waals surface area contributed by atoms with Crippen LogP contribution in [0, 0.1) is 5.92 Å². The molecular formula is C17H18N2O3S. The molecule has 2 atom stereocenters. The molecule has 5 nitrogen and oxygen atoms in total. The molecule has 2 fully saturated rings. The van der Waals surface area contributed by atoms with E-state index in [1.165, 1.54) is 0 Å². The van der Waals surface area contributed by atoms with E-state index >= 15 is 0 Å². The van der Waals surface area contributed by atoms with Crippen molar-refractivity contribution in [3.8, 4) is 0 Å². The Hall–Kier alpha value is -1.95. The fourth-order valence-corrected chi connectivity index (χ4v) is 5.87. The van der Waals surface area contributed by atoms with E-state index in [4.69, 9.17) is 0 Å². The minimum Gasteiger partial charge on any atom is -0.341 e. The monoisotopic (exact) mass is 330 g/mol. The summed E-state index contributed by atoms with van der Waals surface area (Å²) in [7, 11) is -2.99. The molecule has 2 aliphatic heterocycles. The van der Waals surface area contributed by atoms with Crippen LogP contribution in [0.25, 0.3) is 10.8 Å². The summed E-state index contributed by atoms with van der Waals surface area (Å²) in [4.78, 5) is 18.3. The predicted molar refractivity (Wildman–Crippen MR) is 87.7 cm³/mol. The van der Waals surface area contributed by atoms with Gasteiger partial charge in [0.15, 0.2) is 9.84 Å². The van der Waals surface area contributed by atoms with Crippen molar-refractivity contribution in [2.24, 2.45) is 5.92 Å². The first-order valence-corrected chi connectivity index (χ1v) is 9.56. The standard InChI is InChI=1S/C17H18N2O3S/c20-17(19-10-15-4-6-23(21,22)16(15)11-19)8-12-1-2-14-9-18-5-3-13(14)7-12/h1-3,5,7,9,15-16H,4,6,8,10-11H2/t15-,16+/m0/s1. The molecule has 0 bridgehead atoms. The number of fused-ring (bicyclic) bond motifs is 2. The largest absolute Gasteiger partial charge is 0.341 e. The normalized spacial score (nSPS) is 25.7. The Morgan fingerprint density at radius 3 is 2.91 bits per heavy atom. The van der Waals surface area contributed by atoms with Crippen LogP contribution in [-0.2, 0) is 21.1 Å². The maximum absolute atomic E-state index is 12.5. The molecule has 2 aromatic rings. The van der Waals surface area contributed by atoms with E-state index in [0.29, 0.717) is 25.9 Å². The summed E-state index contributed by atoms with van der Waals surface area (Å²) < 4.78 is 23.9. The summed E-state index contributed by atoms with van der Waals surface area (Å²) in [6.45, 7) is 0.948. The second kappa shape index (κ2) is 5.30. The second-order valence-electron chi connectivity index (χ2n) is 6.49. The molecule has 0 N–H and O–H groups in total. The van der Waals surface area contributed by atoms with Crippen LogP contribution in [0.3, 0.4) is 0 Å². The molecule has 0 saturated carbocycles. The van der Waals surface area contributed by atoms with Crippen LogP contribution < -0.4 is 0 Å². The van der Waals surface area contributed by atoms with E-state index < -0.39 is 9.84 Å². The van der Waals surface area contributed by atoms with Gasteiger partial charge in [0.05, 0.1) is 17.4 Å². The molecule has 0 spiro atoms. The van der Waals surface area contributed by atoms with E-state index in [2.05, 4.69) is 4.98 Å². The molecule has 0 radical (unpaired) electrons. The minimum atomic E-state index is -2.99. The van der Waals surface area contributed by atoms with Crippen LogP contribution in [0.1, 0.15) is 12.0 Å². The van der Waals surface area contributed by atoms with Crippen molar-refractivity contribution in [2.75, 3.05) is 18.8 Å². The Kier molecular flexibility index (Phi) is 3.37. The maximum Gasteiger partial charge on any atom is 0.227 e. The number of hydrogen-bond acceptors (Lipinski definition) is 4. The van der Waals surface area contributed by atoms with Crippen molar-refractivity contribution in [1.82, 2.24) is 9.88 Å². The Morgan fingerprint density at radius 1 is 1.22 bits per heavy atom. The van der Waals surface area contributed by atoms with Gasteiger partial charge in [-0.15, -0.1) is 0 Å². The van der Waals surface area contributed by atoms with E-state index in [-0.39, 0.29) is 22.8 Å². The Labute approximate surface area is 135 Å². The van der Waals surface area contributed by atoms with Gasteiger partial charge >= 0.3 is 0 Å². The lowest BCUT2D eigenvalue weighted by atomic mass is 10.1. The molecule has 1 aromatic heterocycles. The molecule has 6 heteroatoms. The van der Waals surface area contributed by atoms with Crippen LogP contribution in [0.5, 0.6) is 0 Å². The van der Waals surface area contributed by atoms with Crippen LogP contribution in [0.2, 0.25) is 0 Å². The number of amides is 1. The summed E-state index contributed by atoms with van der Waals surface area (Å²) in [6, 6.07) is 7.84.